The molecule has 1 aromatic carbocycles. The van der Waals surface area contributed by atoms with Gasteiger partial charge < -0.3 is 20.1 Å². The van der Waals surface area contributed by atoms with Crippen LogP contribution in [-0.2, 0) is 16.0 Å². The molecule has 0 radical (unpaired) electrons. The lowest BCUT2D eigenvalue weighted by Crippen LogP contribution is -2.54. The van der Waals surface area contributed by atoms with Crippen LogP contribution in [0.1, 0.15) is 18.4 Å². The van der Waals surface area contributed by atoms with Crippen LogP contribution in [0.2, 0.25) is 0 Å². The first-order valence-electron chi connectivity index (χ1n) is 7.95. The van der Waals surface area contributed by atoms with Crippen LogP contribution < -0.4 is 15.4 Å². The third-order valence-corrected chi connectivity index (χ3v) is 4.60. The van der Waals surface area contributed by atoms with E-state index in [2.05, 4.69) is 10.6 Å². The Morgan fingerprint density at radius 2 is 2.30 bits per heavy atom. The summed E-state index contributed by atoms with van der Waals surface area (Å²) in [4.78, 5) is 12.5. The summed E-state index contributed by atoms with van der Waals surface area (Å²) in [7, 11) is 1.70. The summed E-state index contributed by atoms with van der Waals surface area (Å²) in [6.45, 7) is 2.67. The summed E-state index contributed by atoms with van der Waals surface area (Å²) in [5, 5.41) is 6.56. The molecule has 2 unspecified atom stereocenters. The molecule has 0 aromatic heterocycles. The second kappa shape index (κ2) is 7.99. The summed E-state index contributed by atoms with van der Waals surface area (Å²) < 4.78 is 11.0. The van der Waals surface area contributed by atoms with Crippen molar-refractivity contribution >= 4 is 18.3 Å². The molecule has 2 aliphatic heterocycles. The Kier molecular flexibility index (Phi) is 6.27. The molecular formula is C17H25ClN2O3. The fourth-order valence-electron chi connectivity index (χ4n) is 3.37. The number of carbonyl (C=O) groups is 1. The predicted molar refractivity (Wildman–Crippen MR) is 91.2 cm³/mol. The highest BCUT2D eigenvalue weighted by Gasteiger charge is 2.35. The van der Waals surface area contributed by atoms with Crippen molar-refractivity contribution in [1.82, 2.24) is 10.6 Å². The van der Waals surface area contributed by atoms with Crippen LogP contribution in [0.15, 0.2) is 24.3 Å². The largest absolute Gasteiger partial charge is 0.492 e. The Balaban J connectivity index is 0.00000192. The molecule has 6 heteroatoms. The molecular weight excluding hydrogens is 316 g/mol. The molecule has 2 N–H and O–H groups in total. The van der Waals surface area contributed by atoms with E-state index in [4.69, 9.17) is 9.47 Å². The van der Waals surface area contributed by atoms with Crippen molar-refractivity contribution in [3.05, 3.63) is 29.8 Å². The Labute approximate surface area is 143 Å². The van der Waals surface area contributed by atoms with Crippen LogP contribution in [0.4, 0.5) is 0 Å². The lowest BCUT2D eigenvalue weighted by Gasteiger charge is -2.30. The van der Waals surface area contributed by atoms with E-state index in [0.717, 1.165) is 37.1 Å². The summed E-state index contributed by atoms with van der Waals surface area (Å²) in [5.74, 6) is 0.856. The van der Waals surface area contributed by atoms with Crippen LogP contribution in [0.25, 0.3) is 0 Å². The third-order valence-electron chi connectivity index (χ3n) is 4.60. The third kappa shape index (κ3) is 4.16. The SMILES string of the molecule is COCC1(CNC(=O)C2COc3ccccc3C2)CCCN1.Cl. The molecule has 0 saturated carbocycles. The predicted octanol–water partition coefficient (Wildman–Crippen LogP) is 1.54. The number of fused-ring (bicyclic) bond motifs is 1. The van der Waals surface area contributed by atoms with Crippen LogP contribution in [0, 0.1) is 5.92 Å². The molecule has 3 rings (SSSR count). The van der Waals surface area contributed by atoms with Crippen molar-refractivity contribution in [3.8, 4) is 5.75 Å². The molecule has 0 spiro atoms. The molecule has 1 aromatic rings. The Morgan fingerprint density at radius 3 is 3.04 bits per heavy atom. The first-order valence-corrected chi connectivity index (χ1v) is 7.95. The van der Waals surface area contributed by atoms with Crippen molar-refractivity contribution in [3.63, 3.8) is 0 Å². The van der Waals surface area contributed by atoms with Crippen LogP contribution >= 0.6 is 12.4 Å². The molecule has 1 saturated heterocycles. The number of para-hydroxylation sites is 1. The van der Waals surface area contributed by atoms with Gasteiger partial charge in [-0.1, -0.05) is 18.2 Å². The number of halogens is 1. The van der Waals surface area contributed by atoms with Gasteiger partial charge in [-0.2, -0.15) is 0 Å². The maximum Gasteiger partial charge on any atom is 0.226 e. The molecule has 5 nitrogen and oxygen atoms in total. The number of amides is 1. The number of nitrogens with one attached hydrogen (secondary N) is 2. The summed E-state index contributed by atoms with van der Waals surface area (Å²) in [6.07, 6.45) is 2.90. The number of methoxy groups -OCH3 is 1. The second-order valence-electron chi connectivity index (χ2n) is 6.28. The monoisotopic (exact) mass is 340 g/mol. The summed E-state index contributed by atoms with van der Waals surface area (Å²) in [6, 6.07) is 7.93. The van der Waals surface area contributed by atoms with E-state index < -0.39 is 0 Å². The van der Waals surface area contributed by atoms with Gasteiger partial charge in [-0.05, 0) is 37.4 Å². The van der Waals surface area contributed by atoms with E-state index in [1.165, 1.54) is 0 Å². The van der Waals surface area contributed by atoms with Gasteiger partial charge in [0.25, 0.3) is 0 Å². The lowest BCUT2D eigenvalue weighted by molar-refractivity contribution is -0.126. The summed E-state index contributed by atoms with van der Waals surface area (Å²) >= 11 is 0. The Hall–Kier alpha value is -1.30. The Morgan fingerprint density at radius 1 is 1.48 bits per heavy atom. The molecule has 2 atom stereocenters. The number of benzene rings is 1. The molecule has 2 aliphatic rings. The average Bonchev–Trinajstić information content (AvgIpc) is 3.01. The van der Waals surface area contributed by atoms with E-state index >= 15 is 0 Å². The van der Waals surface area contributed by atoms with Gasteiger partial charge in [0.1, 0.15) is 12.4 Å². The molecule has 2 heterocycles. The van der Waals surface area contributed by atoms with Gasteiger partial charge in [-0.25, -0.2) is 0 Å². The highest BCUT2D eigenvalue weighted by Crippen LogP contribution is 2.27. The van der Waals surface area contributed by atoms with Crippen molar-refractivity contribution in [1.29, 1.82) is 0 Å². The molecule has 0 bridgehead atoms. The lowest BCUT2D eigenvalue weighted by atomic mass is 9.94. The number of rotatable bonds is 5. The minimum Gasteiger partial charge on any atom is -0.492 e. The topological polar surface area (TPSA) is 59.6 Å². The summed E-state index contributed by atoms with van der Waals surface area (Å²) in [5.41, 5.74) is 0.997. The first kappa shape index (κ1) is 18.0. The normalized spacial score (nSPS) is 25.9. The number of hydrogen-bond acceptors (Lipinski definition) is 4. The molecule has 1 fully saturated rings. The van der Waals surface area contributed by atoms with Crippen LogP contribution in [0.5, 0.6) is 5.75 Å². The molecule has 128 valence electrons. The van der Waals surface area contributed by atoms with Gasteiger partial charge in [0.2, 0.25) is 5.91 Å². The van der Waals surface area contributed by atoms with Gasteiger partial charge in [-0.15, -0.1) is 12.4 Å². The second-order valence-corrected chi connectivity index (χ2v) is 6.28. The van der Waals surface area contributed by atoms with Crippen molar-refractivity contribution < 1.29 is 14.3 Å². The fourth-order valence-corrected chi connectivity index (χ4v) is 3.37. The van der Waals surface area contributed by atoms with Crippen molar-refractivity contribution in [2.24, 2.45) is 5.92 Å². The minimum atomic E-state index is -0.115. The fraction of sp³-hybridized carbons (Fsp3) is 0.588. The van der Waals surface area contributed by atoms with Crippen LogP contribution in [0.3, 0.4) is 0 Å². The van der Waals surface area contributed by atoms with Crippen molar-refractivity contribution in [2.75, 3.05) is 33.4 Å². The van der Waals surface area contributed by atoms with E-state index in [1.807, 2.05) is 24.3 Å². The average molecular weight is 341 g/mol. The zero-order valence-corrected chi connectivity index (χ0v) is 14.3. The van der Waals surface area contributed by atoms with Gasteiger partial charge in [0, 0.05) is 13.7 Å². The number of ether oxygens (including phenoxy) is 2. The molecule has 0 aliphatic carbocycles. The smallest absolute Gasteiger partial charge is 0.226 e. The van der Waals surface area contributed by atoms with E-state index in [9.17, 15) is 4.79 Å². The van der Waals surface area contributed by atoms with E-state index in [0.29, 0.717) is 19.8 Å². The zero-order valence-electron chi connectivity index (χ0n) is 13.5. The van der Waals surface area contributed by atoms with Crippen molar-refractivity contribution in [2.45, 2.75) is 24.8 Å². The Bertz CT molecular complexity index is 532. The first-order chi connectivity index (χ1) is 10.7. The highest BCUT2D eigenvalue weighted by atomic mass is 35.5. The standard InChI is InChI=1S/C17H24N2O3.ClH/c1-21-12-17(7-4-8-19-17)11-18-16(20)14-9-13-5-2-3-6-15(13)22-10-14;/h2-3,5-6,14,19H,4,7-12H2,1H3,(H,18,20);1H. The van der Waals surface area contributed by atoms with E-state index in [1.54, 1.807) is 7.11 Å². The van der Waals surface area contributed by atoms with Gasteiger partial charge in [0.05, 0.1) is 18.1 Å². The maximum absolute atomic E-state index is 12.5. The zero-order chi connectivity index (χ0) is 15.4. The number of hydrogen-bond donors (Lipinski definition) is 2. The molecule has 23 heavy (non-hydrogen) atoms. The maximum atomic E-state index is 12.5. The van der Waals surface area contributed by atoms with Gasteiger partial charge in [-0.3, -0.25) is 4.79 Å². The van der Waals surface area contributed by atoms with E-state index in [-0.39, 0.29) is 29.8 Å². The van der Waals surface area contributed by atoms with Gasteiger partial charge >= 0.3 is 0 Å². The minimum absolute atomic E-state index is 0. The molecule has 1 amide bonds. The quantitative estimate of drug-likeness (QED) is 0.853. The van der Waals surface area contributed by atoms with Crippen LogP contribution in [-0.4, -0.2) is 44.9 Å². The van der Waals surface area contributed by atoms with Gasteiger partial charge in [0.15, 0.2) is 0 Å². The number of carbonyl (C=O) groups excluding carboxylic acids is 1. The highest BCUT2D eigenvalue weighted by molar-refractivity contribution is 5.85.